The van der Waals surface area contributed by atoms with Gasteiger partial charge in [0.1, 0.15) is 0 Å². The van der Waals surface area contributed by atoms with E-state index in [9.17, 15) is 0 Å². The molecule has 0 saturated carbocycles. The summed E-state index contributed by atoms with van der Waals surface area (Å²) >= 11 is 1.86. The third-order valence-electron chi connectivity index (χ3n) is 0.947. The zero-order valence-electron chi connectivity index (χ0n) is 5.09. The first kappa shape index (κ1) is 6.17. The summed E-state index contributed by atoms with van der Waals surface area (Å²) in [5.41, 5.74) is 0. The van der Waals surface area contributed by atoms with Crippen LogP contribution in [0.15, 0.2) is 21.7 Å². The maximum Gasteiger partial charge on any atom is 0.0398 e. The van der Waals surface area contributed by atoms with Crippen molar-refractivity contribution in [2.45, 2.75) is 4.21 Å². The molecule has 2 heteroatoms. The van der Waals surface area contributed by atoms with Crippen LogP contribution in [0.2, 0.25) is 0 Å². The van der Waals surface area contributed by atoms with Crippen molar-refractivity contribution in [3.05, 3.63) is 17.5 Å². The van der Waals surface area contributed by atoms with E-state index in [0.717, 1.165) is 0 Å². The summed E-state index contributed by atoms with van der Waals surface area (Å²) < 4.78 is 1.54. The molecule has 0 aliphatic carbocycles. The van der Waals surface area contributed by atoms with Gasteiger partial charge in [0.2, 0.25) is 0 Å². The Balaban J connectivity index is 2.77. The van der Waals surface area contributed by atoms with Gasteiger partial charge in [-0.25, -0.2) is 10.9 Å². The number of thiol groups is 1. The number of hydrogen-bond donors (Lipinski definition) is 1. The summed E-state index contributed by atoms with van der Waals surface area (Å²) in [6.07, 6.45) is 4.56. The zero-order chi connectivity index (χ0) is 5.98. The molecule has 0 radical (unpaired) electrons. The minimum Gasteiger partial charge on any atom is -0.224 e. The zero-order valence-corrected chi connectivity index (χ0v) is 6.80. The molecule has 0 nitrogen and oxygen atoms in total. The van der Waals surface area contributed by atoms with Crippen molar-refractivity contribution >= 4 is 22.2 Å². The van der Waals surface area contributed by atoms with Gasteiger partial charge in [-0.05, 0) is 24.0 Å². The van der Waals surface area contributed by atoms with E-state index in [0.29, 0.717) is 0 Å². The minimum atomic E-state index is 0.160. The Labute approximate surface area is 56.9 Å². The van der Waals surface area contributed by atoms with Crippen LogP contribution in [0.5, 0.6) is 0 Å². The van der Waals surface area contributed by atoms with Crippen LogP contribution in [0.1, 0.15) is 0 Å². The quantitative estimate of drug-likeness (QED) is 0.578. The monoisotopic (exact) mass is 146 g/mol. The van der Waals surface area contributed by atoms with E-state index < -0.39 is 0 Å². The van der Waals surface area contributed by atoms with Gasteiger partial charge in [0.15, 0.2) is 0 Å². The van der Waals surface area contributed by atoms with Crippen molar-refractivity contribution in [3.63, 3.8) is 0 Å². The van der Waals surface area contributed by atoms with Crippen LogP contribution in [-0.4, -0.2) is 12.5 Å². The van der Waals surface area contributed by atoms with Gasteiger partial charge in [0.05, 0.1) is 0 Å². The molecule has 46 valence electrons. The van der Waals surface area contributed by atoms with Gasteiger partial charge in [0.25, 0.3) is 0 Å². The van der Waals surface area contributed by atoms with Crippen LogP contribution in [0, 0.1) is 0 Å². The first-order valence-electron chi connectivity index (χ1n) is 2.51. The van der Waals surface area contributed by atoms with Gasteiger partial charge in [-0.1, -0.05) is 6.07 Å². The molecule has 0 saturated heterocycles. The van der Waals surface area contributed by atoms with Gasteiger partial charge < -0.3 is 0 Å². The molecule has 0 atom stereocenters. The number of thiophene rings is 1. The van der Waals surface area contributed by atoms with Gasteiger partial charge in [0, 0.05) is 4.21 Å². The lowest BCUT2D eigenvalue weighted by Gasteiger charge is -2.02. The van der Waals surface area contributed by atoms with Gasteiger partial charge in [-0.15, -0.1) is 11.3 Å². The van der Waals surface area contributed by atoms with E-state index in [2.05, 4.69) is 30.0 Å². The molecule has 0 N–H and O–H groups in total. The fourth-order valence-corrected chi connectivity index (χ4v) is 2.39. The molecular formula is C6H10S2. The fraction of sp³-hybridized carbons (Fsp3) is 0.333. The second kappa shape index (κ2) is 2.55. The Kier molecular flexibility index (Phi) is 1.97. The Morgan fingerprint density at radius 1 is 1.50 bits per heavy atom. The van der Waals surface area contributed by atoms with Crippen molar-refractivity contribution in [2.24, 2.45) is 0 Å². The summed E-state index contributed by atoms with van der Waals surface area (Å²) in [6.45, 7) is 0. The molecule has 0 aliphatic heterocycles. The predicted octanol–water partition coefficient (Wildman–Crippen LogP) is 2.37. The molecule has 1 rings (SSSR count). The van der Waals surface area contributed by atoms with Crippen LogP contribution >= 0.6 is 22.2 Å². The normalized spacial score (nSPS) is 11.5. The summed E-state index contributed by atoms with van der Waals surface area (Å²) in [6, 6.07) is 4.32. The highest BCUT2D eigenvalue weighted by Crippen LogP contribution is 2.31. The third-order valence-corrected chi connectivity index (χ3v) is 4.06. The standard InChI is InChI=1S/C6H10S2/c1-8(2)6-4-3-5-7-6/h3-5,8H,1-2H3. The van der Waals surface area contributed by atoms with Gasteiger partial charge in [-0.3, -0.25) is 0 Å². The molecule has 0 spiro atoms. The van der Waals surface area contributed by atoms with Crippen LogP contribution in [0.4, 0.5) is 0 Å². The molecule has 1 aromatic heterocycles. The minimum absolute atomic E-state index is 0.160. The Morgan fingerprint density at radius 2 is 2.25 bits per heavy atom. The molecule has 8 heavy (non-hydrogen) atoms. The number of hydrogen-bond acceptors (Lipinski definition) is 1. The highest BCUT2D eigenvalue weighted by molar-refractivity contribution is 8.17. The van der Waals surface area contributed by atoms with Crippen LogP contribution in [0.25, 0.3) is 0 Å². The Hall–Kier alpha value is 0.0500. The van der Waals surface area contributed by atoms with Gasteiger partial charge >= 0.3 is 0 Å². The predicted molar refractivity (Wildman–Crippen MR) is 43.4 cm³/mol. The van der Waals surface area contributed by atoms with Crippen LogP contribution in [-0.2, 0) is 0 Å². The number of rotatable bonds is 1. The van der Waals surface area contributed by atoms with Crippen LogP contribution < -0.4 is 0 Å². The highest BCUT2D eigenvalue weighted by atomic mass is 32.2. The SMILES string of the molecule is C[SH](C)c1cccs1. The summed E-state index contributed by atoms with van der Waals surface area (Å²) in [4.78, 5) is 0. The van der Waals surface area contributed by atoms with E-state index in [-0.39, 0.29) is 10.9 Å². The molecule has 0 aliphatic rings. The van der Waals surface area contributed by atoms with Crippen molar-refractivity contribution in [3.8, 4) is 0 Å². The molecule has 0 aromatic carbocycles. The maximum atomic E-state index is 2.28. The maximum absolute atomic E-state index is 2.28. The first-order valence-corrected chi connectivity index (χ1v) is 5.63. The van der Waals surface area contributed by atoms with E-state index >= 15 is 0 Å². The Morgan fingerprint density at radius 3 is 2.50 bits per heavy atom. The average molecular weight is 146 g/mol. The largest absolute Gasteiger partial charge is 0.224 e. The molecule has 0 amide bonds. The molecule has 0 unspecified atom stereocenters. The summed E-state index contributed by atoms with van der Waals surface area (Å²) in [7, 11) is 0.160. The van der Waals surface area contributed by atoms with Gasteiger partial charge in [-0.2, -0.15) is 0 Å². The molecule has 1 heterocycles. The van der Waals surface area contributed by atoms with Crippen molar-refractivity contribution in [2.75, 3.05) is 12.5 Å². The topological polar surface area (TPSA) is 0 Å². The van der Waals surface area contributed by atoms with Crippen molar-refractivity contribution < 1.29 is 0 Å². The second-order valence-electron chi connectivity index (χ2n) is 1.85. The lowest BCUT2D eigenvalue weighted by atomic mass is 10.7. The molecule has 1 aromatic rings. The van der Waals surface area contributed by atoms with E-state index in [4.69, 9.17) is 0 Å². The molecular weight excluding hydrogens is 136 g/mol. The highest BCUT2D eigenvalue weighted by Gasteiger charge is 1.91. The fourth-order valence-electron chi connectivity index (χ4n) is 0.524. The van der Waals surface area contributed by atoms with E-state index in [1.807, 2.05) is 11.3 Å². The lowest BCUT2D eigenvalue weighted by molar-refractivity contribution is 1.72. The van der Waals surface area contributed by atoms with Crippen LogP contribution in [0.3, 0.4) is 0 Å². The van der Waals surface area contributed by atoms with E-state index in [1.54, 1.807) is 4.21 Å². The van der Waals surface area contributed by atoms with E-state index in [1.165, 1.54) is 0 Å². The second-order valence-corrected chi connectivity index (χ2v) is 5.37. The first-order chi connectivity index (χ1) is 3.80. The van der Waals surface area contributed by atoms with Crippen molar-refractivity contribution in [1.82, 2.24) is 0 Å². The summed E-state index contributed by atoms with van der Waals surface area (Å²) in [5, 5.41) is 2.14. The third kappa shape index (κ3) is 1.26. The Bertz CT molecular complexity index is 142. The smallest absolute Gasteiger partial charge is 0.0398 e. The average Bonchev–Trinajstić information content (AvgIpc) is 2.12. The molecule has 0 fully saturated rings. The lowest BCUT2D eigenvalue weighted by Crippen LogP contribution is -1.65. The van der Waals surface area contributed by atoms with Crippen molar-refractivity contribution in [1.29, 1.82) is 0 Å². The molecule has 0 bridgehead atoms. The summed E-state index contributed by atoms with van der Waals surface area (Å²) in [5.74, 6) is 0.